The summed E-state index contributed by atoms with van der Waals surface area (Å²) < 4.78 is 2.82. The van der Waals surface area contributed by atoms with Gasteiger partial charge in [0.15, 0.2) is 5.65 Å². The van der Waals surface area contributed by atoms with Crippen molar-refractivity contribution in [2.45, 2.75) is 13.0 Å². The zero-order valence-electron chi connectivity index (χ0n) is 9.60. The van der Waals surface area contributed by atoms with E-state index in [1.807, 2.05) is 22.8 Å². The normalized spacial score (nSPS) is 21.1. The first-order chi connectivity index (χ1) is 8.22. The number of halogens is 1. The minimum Gasteiger partial charge on any atom is -0.337 e. The highest BCUT2D eigenvalue weighted by molar-refractivity contribution is 9.10. The maximum absolute atomic E-state index is 4.54. The zero-order valence-corrected chi connectivity index (χ0v) is 11.2. The number of nitrogens with one attached hydrogen (secondary N) is 1. The van der Waals surface area contributed by atoms with Crippen molar-refractivity contribution in [1.82, 2.24) is 19.9 Å². The highest BCUT2D eigenvalue weighted by atomic mass is 79.9. The Bertz CT molecular complexity index is 538. The van der Waals surface area contributed by atoms with E-state index >= 15 is 0 Å². The van der Waals surface area contributed by atoms with Gasteiger partial charge >= 0.3 is 0 Å². The number of hydrogen-bond acceptors (Lipinski definition) is 4. The molecule has 0 amide bonds. The van der Waals surface area contributed by atoms with E-state index in [0.717, 1.165) is 35.7 Å². The van der Waals surface area contributed by atoms with Crippen LogP contribution in [0.5, 0.6) is 0 Å². The maximum atomic E-state index is 4.54. The molecule has 2 aromatic heterocycles. The predicted molar refractivity (Wildman–Crippen MR) is 70.4 cm³/mol. The van der Waals surface area contributed by atoms with E-state index in [-0.39, 0.29) is 0 Å². The van der Waals surface area contributed by atoms with Crippen LogP contribution in [0, 0.1) is 0 Å². The fraction of sp³-hybridized carbons (Fsp3) is 0.455. The third-order valence-electron chi connectivity index (χ3n) is 2.94. The monoisotopic (exact) mass is 295 g/mol. The lowest BCUT2D eigenvalue weighted by molar-refractivity contribution is 0.479. The first kappa shape index (κ1) is 11.0. The lowest BCUT2D eigenvalue weighted by atomic mass is 10.2. The quantitative estimate of drug-likeness (QED) is 0.861. The number of aromatic nitrogens is 3. The molecule has 0 radical (unpaired) electrons. The SMILES string of the molecule is C[C@H]1CN(c2nc3ccc(Br)cn3n2)CCN1. The minimum absolute atomic E-state index is 0.488. The molecule has 3 heterocycles. The van der Waals surface area contributed by atoms with Gasteiger partial charge < -0.3 is 10.2 Å². The van der Waals surface area contributed by atoms with Crippen LogP contribution in [0.1, 0.15) is 6.92 Å². The highest BCUT2D eigenvalue weighted by Crippen LogP contribution is 2.15. The molecule has 0 aliphatic carbocycles. The van der Waals surface area contributed by atoms with Crippen LogP contribution in [-0.4, -0.2) is 40.3 Å². The van der Waals surface area contributed by atoms with Crippen LogP contribution in [0.4, 0.5) is 5.95 Å². The summed E-state index contributed by atoms with van der Waals surface area (Å²) in [6, 6.07) is 4.43. The third kappa shape index (κ3) is 2.14. The summed E-state index contributed by atoms with van der Waals surface area (Å²) in [5.74, 6) is 0.816. The largest absolute Gasteiger partial charge is 0.337 e. The Labute approximate surface area is 108 Å². The fourth-order valence-electron chi connectivity index (χ4n) is 2.09. The molecular weight excluding hydrogens is 282 g/mol. The van der Waals surface area contributed by atoms with Gasteiger partial charge in [0.1, 0.15) is 0 Å². The summed E-state index contributed by atoms with van der Waals surface area (Å²) in [6.45, 7) is 5.08. The van der Waals surface area contributed by atoms with Crippen LogP contribution in [0.15, 0.2) is 22.8 Å². The van der Waals surface area contributed by atoms with Crippen LogP contribution in [0.3, 0.4) is 0 Å². The van der Waals surface area contributed by atoms with Gasteiger partial charge in [0, 0.05) is 36.3 Å². The first-order valence-electron chi connectivity index (χ1n) is 5.72. The van der Waals surface area contributed by atoms with Crippen molar-refractivity contribution < 1.29 is 0 Å². The van der Waals surface area contributed by atoms with Gasteiger partial charge in [-0.2, -0.15) is 4.98 Å². The van der Waals surface area contributed by atoms with Crippen molar-refractivity contribution in [3.63, 3.8) is 0 Å². The van der Waals surface area contributed by atoms with Crippen LogP contribution in [0.2, 0.25) is 0 Å². The van der Waals surface area contributed by atoms with E-state index in [4.69, 9.17) is 0 Å². The molecule has 0 spiro atoms. The Kier molecular flexibility index (Phi) is 2.76. The molecule has 1 atom stereocenters. The summed E-state index contributed by atoms with van der Waals surface area (Å²) in [6.07, 6.45) is 1.93. The summed E-state index contributed by atoms with van der Waals surface area (Å²) in [5, 5.41) is 7.92. The fourth-order valence-corrected chi connectivity index (χ4v) is 2.42. The van der Waals surface area contributed by atoms with E-state index in [1.54, 1.807) is 0 Å². The number of fused-ring (bicyclic) bond motifs is 1. The summed E-state index contributed by atoms with van der Waals surface area (Å²) >= 11 is 3.44. The average molecular weight is 296 g/mol. The second kappa shape index (κ2) is 4.27. The number of anilines is 1. The van der Waals surface area contributed by atoms with Crippen molar-refractivity contribution >= 4 is 27.5 Å². The van der Waals surface area contributed by atoms with Crippen LogP contribution < -0.4 is 10.2 Å². The van der Waals surface area contributed by atoms with E-state index in [9.17, 15) is 0 Å². The molecule has 17 heavy (non-hydrogen) atoms. The second-order valence-corrected chi connectivity index (χ2v) is 5.28. The number of pyridine rings is 1. The lowest BCUT2D eigenvalue weighted by Gasteiger charge is -2.30. The van der Waals surface area contributed by atoms with Gasteiger partial charge in [-0.05, 0) is 35.0 Å². The Hall–Kier alpha value is -1.14. The van der Waals surface area contributed by atoms with Gasteiger partial charge in [0.2, 0.25) is 5.95 Å². The molecule has 1 N–H and O–H groups in total. The maximum Gasteiger partial charge on any atom is 0.245 e. The van der Waals surface area contributed by atoms with E-state index < -0.39 is 0 Å². The standard InChI is InChI=1S/C11H14BrN5/c1-8-6-16(5-4-13-8)11-14-10-3-2-9(12)7-17(10)15-11/h2-3,7-8,13H,4-6H2,1H3/t8-/m0/s1. The van der Waals surface area contributed by atoms with Crippen molar-refractivity contribution in [2.75, 3.05) is 24.5 Å². The zero-order chi connectivity index (χ0) is 11.8. The molecule has 1 aliphatic heterocycles. The average Bonchev–Trinajstić information content (AvgIpc) is 2.72. The number of piperazine rings is 1. The van der Waals surface area contributed by atoms with E-state index in [1.165, 1.54) is 0 Å². The Balaban J connectivity index is 1.94. The molecule has 3 rings (SSSR count). The Morgan fingerprint density at radius 3 is 3.18 bits per heavy atom. The topological polar surface area (TPSA) is 45.5 Å². The molecule has 2 aromatic rings. The van der Waals surface area contributed by atoms with Crippen LogP contribution in [-0.2, 0) is 0 Å². The van der Waals surface area contributed by atoms with Gasteiger partial charge in [0.25, 0.3) is 0 Å². The molecule has 1 saturated heterocycles. The van der Waals surface area contributed by atoms with Crippen molar-refractivity contribution in [3.8, 4) is 0 Å². The molecule has 1 aliphatic rings. The van der Waals surface area contributed by atoms with Gasteiger partial charge in [-0.1, -0.05) is 0 Å². The van der Waals surface area contributed by atoms with E-state index in [0.29, 0.717) is 6.04 Å². The van der Waals surface area contributed by atoms with Crippen molar-refractivity contribution in [1.29, 1.82) is 0 Å². The number of hydrogen-bond donors (Lipinski definition) is 1. The molecule has 5 nitrogen and oxygen atoms in total. The number of rotatable bonds is 1. The molecule has 0 saturated carbocycles. The van der Waals surface area contributed by atoms with E-state index in [2.05, 4.69) is 43.2 Å². The molecule has 6 heteroatoms. The van der Waals surface area contributed by atoms with Crippen LogP contribution >= 0.6 is 15.9 Å². The molecule has 1 fully saturated rings. The smallest absolute Gasteiger partial charge is 0.245 e. The van der Waals surface area contributed by atoms with Crippen LogP contribution in [0.25, 0.3) is 5.65 Å². The number of nitrogens with zero attached hydrogens (tertiary/aromatic N) is 4. The molecule has 0 bridgehead atoms. The molecule has 90 valence electrons. The third-order valence-corrected chi connectivity index (χ3v) is 3.40. The predicted octanol–water partition coefficient (Wildman–Crippen LogP) is 1.29. The van der Waals surface area contributed by atoms with Gasteiger partial charge in [-0.25, -0.2) is 4.52 Å². The van der Waals surface area contributed by atoms with Crippen molar-refractivity contribution in [3.05, 3.63) is 22.8 Å². The Morgan fingerprint density at radius 2 is 2.35 bits per heavy atom. The molecular formula is C11H14BrN5. The van der Waals surface area contributed by atoms with Crippen molar-refractivity contribution in [2.24, 2.45) is 0 Å². The summed E-state index contributed by atoms with van der Waals surface area (Å²) in [5.41, 5.74) is 0.884. The lowest BCUT2D eigenvalue weighted by Crippen LogP contribution is -2.49. The molecule has 0 aromatic carbocycles. The first-order valence-corrected chi connectivity index (χ1v) is 6.52. The van der Waals surface area contributed by atoms with Gasteiger partial charge in [-0.3, -0.25) is 0 Å². The summed E-state index contributed by atoms with van der Waals surface area (Å²) in [7, 11) is 0. The molecule has 0 unspecified atom stereocenters. The second-order valence-electron chi connectivity index (χ2n) is 4.36. The van der Waals surface area contributed by atoms with Gasteiger partial charge in [-0.15, -0.1) is 5.10 Å². The highest BCUT2D eigenvalue weighted by Gasteiger charge is 2.19. The minimum atomic E-state index is 0.488. The Morgan fingerprint density at radius 1 is 1.47 bits per heavy atom. The van der Waals surface area contributed by atoms with Gasteiger partial charge in [0.05, 0.1) is 0 Å². The summed E-state index contributed by atoms with van der Waals surface area (Å²) in [4.78, 5) is 6.77.